The fourth-order valence-electron chi connectivity index (χ4n) is 4.26. The largest absolute Gasteiger partial charge is 0.455 e. The Balaban J connectivity index is 1.80. The Bertz CT molecular complexity index is 1530. The van der Waals surface area contributed by atoms with Gasteiger partial charge in [0, 0.05) is 4.47 Å². The van der Waals surface area contributed by atoms with E-state index in [1.54, 1.807) is 24.3 Å². The summed E-state index contributed by atoms with van der Waals surface area (Å²) in [5.74, 6) is 0.109. The van der Waals surface area contributed by atoms with Crippen LogP contribution >= 0.6 is 15.9 Å². The van der Waals surface area contributed by atoms with Gasteiger partial charge in [-0.25, -0.2) is 9.59 Å². The molecule has 150 valence electrons. The number of fused-ring (bicyclic) bond motifs is 6. The van der Waals surface area contributed by atoms with Gasteiger partial charge in [-0.1, -0.05) is 52.3 Å². The summed E-state index contributed by atoms with van der Waals surface area (Å²) in [5, 5.41) is 1.33. The summed E-state index contributed by atoms with van der Waals surface area (Å²) >= 11 is 3.49. The minimum absolute atomic E-state index is 0.284. The average molecular weight is 473 g/mol. The maximum atomic E-state index is 13.1. The van der Waals surface area contributed by atoms with Crippen molar-refractivity contribution in [3.63, 3.8) is 0 Å². The zero-order chi connectivity index (χ0) is 21.1. The van der Waals surface area contributed by atoms with Crippen molar-refractivity contribution in [2.24, 2.45) is 0 Å². The molecule has 0 unspecified atom stereocenters. The molecule has 0 fully saturated rings. The standard InChI is InChI=1S/C25H13BrO5/c26-14-7-5-6-13(12-14)19-20-22(15-8-1-3-10-17(15)29-24(20)27)31-23-16-9-2-4-11-18(16)30-25(28)21(19)23/h1-12,19H. The van der Waals surface area contributed by atoms with Gasteiger partial charge in [-0.15, -0.1) is 0 Å². The van der Waals surface area contributed by atoms with Crippen molar-refractivity contribution >= 4 is 37.9 Å². The SMILES string of the molecule is O=c1oc2ccccc2c2c1C(c1cccc(Br)c1)c1c(c3ccccc3oc1=O)O2. The van der Waals surface area contributed by atoms with Gasteiger partial charge in [0.05, 0.1) is 27.8 Å². The van der Waals surface area contributed by atoms with Gasteiger partial charge in [0.1, 0.15) is 22.7 Å². The number of hydrogen-bond acceptors (Lipinski definition) is 5. The van der Waals surface area contributed by atoms with Crippen LogP contribution in [-0.4, -0.2) is 0 Å². The Morgan fingerprint density at radius 3 is 1.77 bits per heavy atom. The molecule has 0 saturated carbocycles. The monoisotopic (exact) mass is 472 g/mol. The molecule has 0 N–H and O–H groups in total. The predicted molar refractivity (Wildman–Crippen MR) is 120 cm³/mol. The lowest BCUT2D eigenvalue weighted by Gasteiger charge is -2.27. The molecule has 3 heterocycles. The minimum Gasteiger partial charge on any atom is -0.455 e. The molecule has 2 aromatic heterocycles. The van der Waals surface area contributed by atoms with Crippen LogP contribution in [0.1, 0.15) is 22.6 Å². The van der Waals surface area contributed by atoms with Crippen LogP contribution in [0.2, 0.25) is 0 Å². The third kappa shape index (κ3) is 2.68. The van der Waals surface area contributed by atoms with Crippen LogP contribution in [0.25, 0.3) is 21.9 Å². The van der Waals surface area contributed by atoms with Gasteiger partial charge < -0.3 is 13.6 Å². The van der Waals surface area contributed by atoms with Gasteiger partial charge in [-0.2, -0.15) is 0 Å². The quantitative estimate of drug-likeness (QED) is 0.276. The molecule has 6 rings (SSSR count). The highest BCUT2D eigenvalue weighted by Crippen LogP contribution is 2.49. The number of benzene rings is 3. The lowest BCUT2D eigenvalue weighted by Crippen LogP contribution is -2.26. The van der Waals surface area contributed by atoms with Gasteiger partial charge in [-0.05, 0) is 42.0 Å². The van der Waals surface area contributed by atoms with Crippen LogP contribution < -0.4 is 16.0 Å². The number of rotatable bonds is 1. The summed E-state index contributed by atoms with van der Waals surface area (Å²) < 4.78 is 18.4. The molecule has 1 aliphatic rings. The van der Waals surface area contributed by atoms with Gasteiger partial charge in [-0.3, -0.25) is 0 Å². The van der Waals surface area contributed by atoms with Gasteiger partial charge in [0.25, 0.3) is 0 Å². The molecule has 5 nitrogen and oxygen atoms in total. The molecular weight excluding hydrogens is 460 g/mol. The zero-order valence-corrected chi connectivity index (χ0v) is 17.5. The highest BCUT2D eigenvalue weighted by Gasteiger charge is 2.38. The Hall–Kier alpha value is -3.64. The molecule has 0 spiro atoms. The minimum atomic E-state index is -0.696. The Morgan fingerprint density at radius 2 is 1.23 bits per heavy atom. The molecule has 3 aromatic carbocycles. The lowest BCUT2D eigenvalue weighted by molar-refractivity contribution is 0.429. The molecule has 1 aliphatic heterocycles. The van der Waals surface area contributed by atoms with Crippen LogP contribution in [0.3, 0.4) is 0 Å². The second-order valence-corrected chi connectivity index (χ2v) is 8.26. The number of para-hydroxylation sites is 2. The smallest absolute Gasteiger partial charge is 0.344 e. The maximum Gasteiger partial charge on any atom is 0.344 e. The van der Waals surface area contributed by atoms with Gasteiger partial charge >= 0.3 is 11.3 Å². The Labute approximate surface area is 183 Å². The van der Waals surface area contributed by atoms with Gasteiger partial charge in [0.2, 0.25) is 0 Å². The average Bonchev–Trinajstić information content (AvgIpc) is 2.78. The van der Waals surface area contributed by atoms with E-state index in [2.05, 4.69) is 15.9 Å². The van der Waals surface area contributed by atoms with Crippen molar-refractivity contribution in [2.45, 2.75) is 5.92 Å². The Morgan fingerprint density at radius 1 is 0.677 bits per heavy atom. The number of ether oxygens (including phenoxy) is 1. The molecule has 0 atom stereocenters. The predicted octanol–water partition coefficient (Wildman–Crippen LogP) is 5.95. The third-order valence-electron chi connectivity index (χ3n) is 5.56. The van der Waals surface area contributed by atoms with E-state index in [1.165, 1.54) is 0 Å². The fourth-order valence-corrected chi connectivity index (χ4v) is 4.67. The Kier molecular flexibility index (Phi) is 3.91. The van der Waals surface area contributed by atoms with E-state index in [1.807, 2.05) is 48.5 Å². The van der Waals surface area contributed by atoms with E-state index >= 15 is 0 Å². The summed E-state index contributed by atoms with van der Waals surface area (Å²) in [5.41, 5.74) is 1.09. The summed E-state index contributed by atoms with van der Waals surface area (Å²) in [6, 6.07) is 21.9. The van der Waals surface area contributed by atoms with E-state index in [4.69, 9.17) is 13.6 Å². The van der Waals surface area contributed by atoms with Crippen molar-refractivity contribution in [1.82, 2.24) is 0 Å². The van der Waals surface area contributed by atoms with Crippen LogP contribution in [0.15, 0.2) is 95.7 Å². The molecule has 0 saturated heterocycles. The van der Waals surface area contributed by atoms with Crippen molar-refractivity contribution in [2.75, 3.05) is 0 Å². The summed E-state index contributed by atoms with van der Waals surface area (Å²) in [6.45, 7) is 0. The molecule has 5 aromatic rings. The molecule has 0 radical (unpaired) electrons. The van der Waals surface area contributed by atoms with Crippen LogP contribution in [0.5, 0.6) is 11.5 Å². The van der Waals surface area contributed by atoms with Crippen molar-refractivity contribution in [3.05, 3.63) is 115 Å². The third-order valence-corrected chi connectivity index (χ3v) is 6.05. The van der Waals surface area contributed by atoms with Crippen molar-refractivity contribution in [3.8, 4) is 11.5 Å². The first-order valence-electron chi connectivity index (χ1n) is 9.66. The summed E-state index contributed by atoms with van der Waals surface area (Å²) in [7, 11) is 0. The normalized spacial score (nSPS) is 13.1. The second-order valence-electron chi connectivity index (χ2n) is 7.35. The second kappa shape index (κ2) is 6.68. The molecule has 0 aliphatic carbocycles. The van der Waals surface area contributed by atoms with Crippen LogP contribution in [0, 0.1) is 0 Å². The first-order valence-corrected chi connectivity index (χ1v) is 10.5. The van der Waals surface area contributed by atoms with E-state index in [0.717, 1.165) is 10.0 Å². The molecule has 6 heteroatoms. The first-order chi connectivity index (χ1) is 15.1. The number of hydrogen-bond donors (Lipinski definition) is 0. The van der Waals surface area contributed by atoms with Crippen LogP contribution in [0.4, 0.5) is 0 Å². The van der Waals surface area contributed by atoms with Crippen molar-refractivity contribution in [1.29, 1.82) is 0 Å². The van der Waals surface area contributed by atoms with Gasteiger partial charge in [0.15, 0.2) is 0 Å². The molecule has 0 amide bonds. The van der Waals surface area contributed by atoms with E-state index in [0.29, 0.717) is 33.4 Å². The van der Waals surface area contributed by atoms with E-state index < -0.39 is 17.2 Å². The lowest BCUT2D eigenvalue weighted by atomic mass is 9.83. The van der Waals surface area contributed by atoms with E-state index in [-0.39, 0.29) is 11.1 Å². The van der Waals surface area contributed by atoms with E-state index in [9.17, 15) is 9.59 Å². The molecule has 31 heavy (non-hydrogen) atoms. The molecule has 0 bridgehead atoms. The summed E-state index contributed by atoms with van der Waals surface area (Å²) in [6.07, 6.45) is 0. The maximum absolute atomic E-state index is 13.1. The molecular formula is C25H13BrO5. The topological polar surface area (TPSA) is 69.7 Å². The highest BCUT2D eigenvalue weighted by atomic mass is 79.9. The highest BCUT2D eigenvalue weighted by molar-refractivity contribution is 9.10. The summed E-state index contributed by atoms with van der Waals surface area (Å²) in [4.78, 5) is 26.3. The van der Waals surface area contributed by atoms with Crippen molar-refractivity contribution < 1.29 is 13.6 Å². The fraction of sp³-hybridized carbons (Fsp3) is 0.0400. The first kappa shape index (κ1) is 18.2. The zero-order valence-electron chi connectivity index (χ0n) is 15.9. The number of halogens is 1. The van der Waals surface area contributed by atoms with Crippen LogP contribution in [-0.2, 0) is 0 Å².